The Kier molecular flexibility index (Phi) is 5.62. The summed E-state index contributed by atoms with van der Waals surface area (Å²) in [4.78, 5) is 14.5. The molecule has 0 aromatic heterocycles. The first-order valence-electron chi connectivity index (χ1n) is 7.97. The standard InChI is InChI=1S/C17H27N3O/c1-3-20(12-14-6-4-7-14)11-10-17(21)19-16-9-5-8-15(18)13(16)2/h5,8-9,14H,3-4,6-7,10-12,18H2,1-2H3,(H,19,21). The first kappa shape index (κ1) is 15.8. The van der Waals surface area contributed by atoms with Gasteiger partial charge < -0.3 is 16.0 Å². The Balaban J connectivity index is 1.79. The van der Waals surface area contributed by atoms with Gasteiger partial charge in [-0.05, 0) is 49.9 Å². The third kappa shape index (κ3) is 4.46. The second-order valence-electron chi connectivity index (χ2n) is 6.01. The topological polar surface area (TPSA) is 58.4 Å². The second-order valence-corrected chi connectivity index (χ2v) is 6.01. The number of carbonyl (C=O) groups excluding carboxylic acids is 1. The number of carbonyl (C=O) groups is 1. The highest BCUT2D eigenvalue weighted by Crippen LogP contribution is 2.27. The molecular weight excluding hydrogens is 262 g/mol. The molecule has 1 amide bonds. The van der Waals surface area contributed by atoms with Crippen molar-refractivity contribution in [2.75, 3.05) is 30.7 Å². The fourth-order valence-corrected chi connectivity index (χ4v) is 2.68. The molecular formula is C17H27N3O. The van der Waals surface area contributed by atoms with Gasteiger partial charge in [0.25, 0.3) is 0 Å². The third-order valence-electron chi connectivity index (χ3n) is 4.49. The number of nitrogen functional groups attached to an aromatic ring is 1. The van der Waals surface area contributed by atoms with Crippen molar-refractivity contribution in [3.8, 4) is 0 Å². The number of amides is 1. The minimum Gasteiger partial charge on any atom is -0.398 e. The fourth-order valence-electron chi connectivity index (χ4n) is 2.68. The average Bonchev–Trinajstić information content (AvgIpc) is 2.42. The second kappa shape index (κ2) is 7.46. The lowest BCUT2D eigenvalue weighted by Gasteiger charge is -2.31. The first-order valence-corrected chi connectivity index (χ1v) is 7.97. The van der Waals surface area contributed by atoms with Gasteiger partial charge in [0.2, 0.25) is 5.91 Å². The Morgan fingerprint density at radius 1 is 1.43 bits per heavy atom. The van der Waals surface area contributed by atoms with Crippen LogP contribution < -0.4 is 11.1 Å². The molecule has 4 nitrogen and oxygen atoms in total. The zero-order valence-electron chi connectivity index (χ0n) is 13.2. The summed E-state index contributed by atoms with van der Waals surface area (Å²) in [6, 6.07) is 5.62. The molecule has 0 heterocycles. The van der Waals surface area contributed by atoms with Crippen LogP contribution in [0.15, 0.2) is 18.2 Å². The summed E-state index contributed by atoms with van der Waals surface area (Å²) in [5.41, 5.74) is 8.33. The van der Waals surface area contributed by atoms with Gasteiger partial charge in [-0.3, -0.25) is 4.79 Å². The largest absolute Gasteiger partial charge is 0.398 e. The summed E-state index contributed by atoms with van der Waals surface area (Å²) in [6.45, 7) is 7.08. The van der Waals surface area contributed by atoms with Crippen molar-refractivity contribution >= 4 is 17.3 Å². The zero-order valence-corrected chi connectivity index (χ0v) is 13.2. The number of anilines is 2. The number of nitrogens with two attached hydrogens (primary N) is 1. The van der Waals surface area contributed by atoms with Gasteiger partial charge in [-0.25, -0.2) is 0 Å². The maximum atomic E-state index is 12.1. The lowest BCUT2D eigenvalue weighted by atomic mass is 9.85. The number of nitrogens with one attached hydrogen (secondary N) is 1. The monoisotopic (exact) mass is 289 g/mol. The van der Waals surface area contributed by atoms with E-state index in [9.17, 15) is 4.79 Å². The summed E-state index contributed by atoms with van der Waals surface area (Å²) >= 11 is 0. The number of hydrogen-bond donors (Lipinski definition) is 2. The Hall–Kier alpha value is -1.55. The molecule has 1 aliphatic rings. The van der Waals surface area contributed by atoms with E-state index < -0.39 is 0 Å². The highest BCUT2D eigenvalue weighted by atomic mass is 16.1. The summed E-state index contributed by atoms with van der Waals surface area (Å²) in [5, 5.41) is 2.97. The quantitative estimate of drug-likeness (QED) is 0.759. The number of nitrogens with zero attached hydrogens (tertiary/aromatic N) is 1. The van der Waals surface area contributed by atoms with Crippen molar-refractivity contribution in [3.05, 3.63) is 23.8 Å². The van der Waals surface area contributed by atoms with E-state index in [0.29, 0.717) is 12.1 Å². The Labute approximate surface area is 127 Å². The molecule has 1 aromatic carbocycles. The molecule has 3 N–H and O–H groups in total. The predicted molar refractivity (Wildman–Crippen MR) is 88.3 cm³/mol. The molecule has 21 heavy (non-hydrogen) atoms. The zero-order chi connectivity index (χ0) is 15.2. The molecule has 0 unspecified atom stereocenters. The summed E-state index contributed by atoms with van der Waals surface area (Å²) in [6.07, 6.45) is 4.61. The van der Waals surface area contributed by atoms with Crippen LogP contribution in [-0.4, -0.2) is 30.4 Å². The summed E-state index contributed by atoms with van der Waals surface area (Å²) in [5.74, 6) is 0.917. The molecule has 1 fully saturated rings. The summed E-state index contributed by atoms with van der Waals surface area (Å²) in [7, 11) is 0. The van der Waals surface area contributed by atoms with E-state index in [4.69, 9.17) is 5.73 Å². The molecule has 1 aliphatic carbocycles. The van der Waals surface area contributed by atoms with E-state index >= 15 is 0 Å². The molecule has 0 spiro atoms. The lowest BCUT2D eigenvalue weighted by molar-refractivity contribution is -0.116. The van der Waals surface area contributed by atoms with Crippen molar-refractivity contribution < 1.29 is 4.79 Å². The van der Waals surface area contributed by atoms with Gasteiger partial charge in [-0.15, -0.1) is 0 Å². The summed E-state index contributed by atoms with van der Waals surface area (Å²) < 4.78 is 0. The van der Waals surface area contributed by atoms with E-state index in [1.54, 1.807) is 0 Å². The molecule has 1 aromatic rings. The maximum Gasteiger partial charge on any atom is 0.225 e. The van der Waals surface area contributed by atoms with E-state index in [-0.39, 0.29) is 5.91 Å². The van der Waals surface area contributed by atoms with E-state index in [1.807, 2.05) is 25.1 Å². The van der Waals surface area contributed by atoms with Gasteiger partial charge in [-0.1, -0.05) is 19.4 Å². The first-order chi connectivity index (χ1) is 10.1. The highest BCUT2D eigenvalue weighted by molar-refractivity contribution is 5.92. The van der Waals surface area contributed by atoms with Crippen LogP contribution >= 0.6 is 0 Å². The molecule has 0 bridgehead atoms. The number of rotatable bonds is 7. The van der Waals surface area contributed by atoms with Gasteiger partial charge in [0.05, 0.1) is 0 Å². The molecule has 0 aliphatic heterocycles. The molecule has 2 rings (SSSR count). The Morgan fingerprint density at radius 2 is 2.19 bits per heavy atom. The van der Waals surface area contributed by atoms with Crippen molar-refractivity contribution in [1.29, 1.82) is 0 Å². The normalized spacial score (nSPS) is 15.0. The average molecular weight is 289 g/mol. The van der Waals surface area contributed by atoms with E-state index in [2.05, 4.69) is 17.1 Å². The van der Waals surface area contributed by atoms with Crippen LogP contribution in [0.3, 0.4) is 0 Å². The molecule has 0 saturated heterocycles. The van der Waals surface area contributed by atoms with Crippen LogP contribution in [0.25, 0.3) is 0 Å². The van der Waals surface area contributed by atoms with Gasteiger partial charge in [0.1, 0.15) is 0 Å². The van der Waals surface area contributed by atoms with Crippen LogP contribution in [0.1, 0.15) is 38.2 Å². The minimum absolute atomic E-state index is 0.0655. The van der Waals surface area contributed by atoms with Crippen LogP contribution in [-0.2, 0) is 4.79 Å². The number of benzene rings is 1. The molecule has 0 radical (unpaired) electrons. The molecule has 4 heteroatoms. The Morgan fingerprint density at radius 3 is 2.81 bits per heavy atom. The van der Waals surface area contributed by atoms with Crippen LogP contribution in [0, 0.1) is 12.8 Å². The highest BCUT2D eigenvalue weighted by Gasteiger charge is 2.20. The van der Waals surface area contributed by atoms with Crippen molar-refractivity contribution in [1.82, 2.24) is 4.90 Å². The maximum absolute atomic E-state index is 12.1. The van der Waals surface area contributed by atoms with E-state index in [1.165, 1.54) is 19.3 Å². The molecule has 1 saturated carbocycles. The van der Waals surface area contributed by atoms with Crippen molar-refractivity contribution in [2.45, 2.75) is 39.5 Å². The Bertz CT molecular complexity index is 483. The van der Waals surface area contributed by atoms with Crippen LogP contribution in [0.5, 0.6) is 0 Å². The smallest absolute Gasteiger partial charge is 0.225 e. The minimum atomic E-state index is 0.0655. The van der Waals surface area contributed by atoms with Crippen molar-refractivity contribution in [3.63, 3.8) is 0 Å². The number of hydrogen-bond acceptors (Lipinski definition) is 3. The fraction of sp³-hybridized carbons (Fsp3) is 0.588. The van der Waals surface area contributed by atoms with Gasteiger partial charge >= 0.3 is 0 Å². The van der Waals surface area contributed by atoms with E-state index in [0.717, 1.165) is 36.8 Å². The SMILES string of the molecule is CCN(CCC(=O)Nc1cccc(N)c1C)CC1CCC1. The van der Waals surface area contributed by atoms with Gasteiger partial charge in [0, 0.05) is 30.9 Å². The molecule has 116 valence electrons. The predicted octanol–water partition coefficient (Wildman–Crippen LogP) is 3.03. The third-order valence-corrected chi connectivity index (χ3v) is 4.49. The van der Waals surface area contributed by atoms with Crippen LogP contribution in [0.4, 0.5) is 11.4 Å². The van der Waals surface area contributed by atoms with Crippen molar-refractivity contribution in [2.24, 2.45) is 5.92 Å². The molecule has 0 atom stereocenters. The lowest BCUT2D eigenvalue weighted by Crippen LogP contribution is -2.34. The van der Waals surface area contributed by atoms with Crippen LogP contribution in [0.2, 0.25) is 0 Å². The van der Waals surface area contributed by atoms with Gasteiger partial charge in [0.15, 0.2) is 0 Å². The van der Waals surface area contributed by atoms with Gasteiger partial charge in [-0.2, -0.15) is 0 Å².